The van der Waals surface area contributed by atoms with Crippen molar-refractivity contribution in [2.45, 2.75) is 53.5 Å². The number of aromatic nitrogens is 6. The van der Waals surface area contributed by atoms with E-state index in [0.29, 0.717) is 23.5 Å². The standard InChI is InChI=1S/C24H27F3N6O2/c1-14(2)10-32-21-19(22(34)33(23(32)35)11-15(3)4)29-20(30-21)17-9-28-31(13-17)12-16-6-5-7-18(8-16)24(25,26)27/h5-9,13-15H,10-12H2,1-4H3,(H,29,30). The van der Waals surface area contributed by atoms with Gasteiger partial charge in [-0.15, -0.1) is 0 Å². The molecule has 0 amide bonds. The molecule has 0 spiro atoms. The van der Waals surface area contributed by atoms with Gasteiger partial charge in [-0.1, -0.05) is 39.8 Å². The van der Waals surface area contributed by atoms with Gasteiger partial charge in [0.05, 0.1) is 23.9 Å². The maximum Gasteiger partial charge on any atom is 0.416 e. The van der Waals surface area contributed by atoms with Gasteiger partial charge in [-0.05, 0) is 29.5 Å². The molecule has 1 N–H and O–H groups in total. The molecular weight excluding hydrogens is 461 g/mol. The molecule has 0 aliphatic heterocycles. The highest BCUT2D eigenvalue weighted by Gasteiger charge is 2.30. The molecule has 11 heteroatoms. The van der Waals surface area contributed by atoms with Crippen LogP contribution in [-0.4, -0.2) is 28.9 Å². The molecule has 186 valence electrons. The lowest BCUT2D eigenvalue weighted by atomic mass is 10.1. The van der Waals surface area contributed by atoms with E-state index in [1.807, 2.05) is 27.7 Å². The Bertz CT molecular complexity index is 1470. The lowest BCUT2D eigenvalue weighted by molar-refractivity contribution is -0.137. The number of fused-ring (bicyclic) bond motifs is 1. The van der Waals surface area contributed by atoms with Crippen LogP contribution < -0.4 is 11.2 Å². The summed E-state index contributed by atoms with van der Waals surface area (Å²) in [6.07, 6.45) is -1.27. The SMILES string of the molecule is CC(C)Cn1c(=O)c2[nH]c(-c3cnn(Cc4cccc(C(F)(F)F)c4)c3)nc2n(CC(C)C)c1=O. The van der Waals surface area contributed by atoms with Crippen LogP contribution in [0.2, 0.25) is 0 Å². The summed E-state index contributed by atoms with van der Waals surface area (Å²) in [6.45, 7) is 8.62. The van der Waals surface area contributed by atoms with Crippen LogP contribution in [0, 0.1) is 11.8 Å². The van der Waals surface area contributed by atoms with E-state index >= 15 is 0 Å². The van der Waals surface area contributed by atoms with Crippen LogP contribution in [0.4, 0.5) is 13.2 Å². The van der Waals surface area contributed by atoms with Crippen molar-refractivity contribution in [3.63, 3.8) is 0 Å². The number of H-pyrrole nitrogens is 1. The molecule has 3 aromatic heterocycles. The molecule has 8 nitrogen and oxygen atoms in total. The van der Waals surface area contributed by atoms with Crippen LogP contribution in [0.25, 0.3) is 22.6 Å². The quantitative estimate of drug-likeness (QED) is 0.424. The van der Waals surface area contributed by atoms with E-state index in [1.54, 1.807) is 12.3 Å². The van der Waals surface area contributed by atoms with Gasteiger partial charge in [0.2, 0.25) is 0 Å². The van der Waals surface area contributed by atoms with Crippen molar-refractivity contribution in [1.29, 1.82) is 0 Å². The summed E-state index contributed by atoms with van der Waals surface area (Å²) in [6, 6.07) is 5.07. The molecule has 0 saturated carbocycles. The minimum absolute atomic E-state index is 0.0989. The highest BCUT2D eigenvalue weighted by atomic mass is 19.4. The summed E-state index contributed by atoms with van der Waals surface area (Å²) in [4.78, 5) is 33.8. The van der Waals surface area contributed by atoms with E-state index in [0.717, 1.165) is 12.1 Å². The van der Waals surface area contributed by atoms with Gasteiger partial charge in [0.25, 0.3) is 5.56 Å². The van der Waals surface area contributed by atoms with E-state index in [9.17, 15) is 22.8 Å². The fourth-order valence-electron chi connectivity index (χ4n) is 3.96. The molecule has 0 radical (unpaired) electrons. The number of nitrogens with one attached hydrogen (secondary N) is 1. The molecule has 0 aliphatic carbocycles. The van der Waals surface area contributed by atoms with Crippen LogP contribution in [0.3, 0.4) is 0 Å². The van der Waals surface area contributed by atoms with Gasteiger partial charge in [0.1, 0.15) is 11.3 Å². The summed E-state index contributed by atoms with van der Waals surface area (Å²) >= 11 is 0. The number of halogens is 3. The van der Waals surface area contributed by atoms with Gasteiger partial charge in [-0.25, -0.2) is 9.78 Å². The predicted octanol–water partition coefficient (Wildman–Crippen LogP) is 4.13. The zero-order valence-corrected chi connectivity index (χ0v) is 19.9. The van der Waals surface area contributed by atoms with Crippen LogP contribution >= 0.6 is 0 Å². The largest absolute Gasteiger partial charge is 0.416 e. The molecule has 0 atom stereocenters. The lowest BCUT2D eigenvalue weighted by Crippen LogP contribution is -2.41. The fraction of sp³-hybridized carbons (Fsp3) is 0.417. The molecular formula is C24H27F3N6O2. The first-order valence-electron chi connectivity index (χ1n) is 11.4. The van der Waals surface area contributed by atoms with Gasteiger partial charge < -0.3 is 4.98 Å². The van der Waals surface area contributed by atoms with E-state index in [2.05, 4.69) is 15.1 Å². The van der Waals surface area contributed by atoms with Crippen LogP contribution in [0.5, 0.6) is 0 Å². The highest BCUT2D eigenvalue weighted by Crippen LogP contribution is 2.29. The van der Waals surface area contributed by atoms with E-state index in [4.69, 9.17) is 0 Å². The molecule has 1 aromatic carbocycles. The molecule has 35 heavy (non-hydrogen) atoms. The van der Waals surface area contributed by atoms with Crippen molar-refractivity contribution in [1.82, 2.24) is 28.9 Å². The van der Waals surface area contributed by atoms with E-state index in [1.165, 1.54) is 26.1 Å². The Balaban J connectivity index is 1.73. The number of aromatic amines is 1. The Hall–Kier alpha value is -3.63. The highest BCUT2D eigenvalue weighted by molar-refractivity contribution is 5.75. The normalized spacial score (nSPS) is 12.4. The first-order chi connectivity index (χ1) is 16.4. The minimum Gasteiger partial charge on any atom is -0.332 e. The van der Waals surface area contributed by atoms with Crippen molar-refractivity contribution >= 4 is 11.2 Å². The van der Waals surface area contributed by atoms with Crippen molar-refractivity contribution < 1.29 is 13.2 Å². The second-order valence-electron chi connectivity index (χ2n) is 9.51. The van der Waals surface area contributed by atoms with E-state index in [-0.39, 0.29) is 36.1 Å². The summed E-state index contributed by atoms with van der Waals surface area (Å²) in [5, 5.41) is 4.24. The Kier molecular flexibility index (Phi) is 6.44. The maximum absolute atomic E-state index is 13.1. The summed E-state index contributed by atoms with van der Waals surface area (Å²) in [5.74, 6) is 0.602. The smallest absolute Gasteiger partial charge is 0.332 e. The third-order valence-electron chi connectivity index (χ3n) is 5.46. The Labute approximate surface area is 199 Å². The third-order valence-corrected chi connectivity index (χ3v) is 5.46. The predicted molar refractivity (Wildman–Crippen MR) is 126 cm³/mol. The lowest BCUT2D eigenvalue weighted by Gasteiger charge is -2.14. The van der Waals surface area contributed by atoms with Crippen LogP contribution in [-0.2, 0) is 25.8 Å². The van der Waals surface area contributed by atoms with Crippen molar-refractivity contribution in [3.8, 4) is 11.4 Å². The summed E-state index contributed by atoms with van der Waals surface area (Å²) < 4.78 is 43.3. The number of hydrogen-bond acceptors (Lipinski definition) is 4. The van der Waals surface area contributed by atoms with Gasteiger partial charge >= 0.3 is 11.9 Å². The average Bonchev–Trinajstić information content (AvgIpc) is 3.41. The zero-order valence-electron chi connectivity index (χ0n) is 19.9. The van der Waals surface area contributed by atoms with Crippen molar-refractivity contribution in [2.24, 2.45) is 11.8 Å². The minimum atomic E-state index is -4.42. The van der Waals surface area contributed by atoms with Gasteiger partial charge in [0, 0.05) is 19.3 Å². The Morgan fingerprint density at radius 3 is 2.37 bits per heavy atom. The number of alkyl halides is 3. The second-order valence-corrected chi connectivity index (χ2v) is 9.51. The Morgan fingerprint density at radius 1 is 1.03 bits per heavy atom. The molecule has 0 saturated heterocycles. The molecule has 0 unspecified atom stereocenters. The summed E-state index contributed by atoms with van der Waals surface area (Å²) in [7, 11) is 0. The number of hydrogen-bond donors (Lipinski definition) is 1. The number of imidazole rings is 1. The van der Waals surface area contributed by atoms with Gasteiger partial charge in [-0.2, -0.15) is 18.3 Å². The summed E-state index contributed by atoms with van der Waals surface area (Å²) in [5.41, 5.74) is -0.0636. The van der Waals surface area contributed by atoms with Crippen LogP contribution in [0.1, 0.15) is 38.8 Å². The van der Waals surface area contributed by atoms with Crippen molar-refractivity contribution in [3.05, 3.63) is 68.6 Å². The first-order valence-corrected chi connectivity index (χ1v) is 11.4. The van der Waals surface area contributed by atoms with E-state index < -0.39 is 23.0 Å². The molecule has 0 aliphatic rings. The molecule has 3 heterocycles. The average molecular weight is 489 g/mol. The molecule has 0 fully saturated rings. The van der Waals surface area contributed by atoms with Crippen molar-refractivity contribution in [2.75, 3.05) is 0 Å². The molecule has 4 rings (SSSR count). The second kappa shape index (κ2) is 9.20. The number of rotatable bonds is 7. The fourth-order valence-corrected chi connectivity index (χ4v) is 3.96. The maximum atomic E-state index is 13.1. The number of benzene rings is 1. The van der Waals surface area contributed by atoms with Gasteiger partial charge in [0.15, 0.2) is 5.65 Å². The molecule has 4 aromatic rings. The number of nitrogens with zero attached hydrogens (tertiary/aromatic N) is 5. The molecule has 0 bridgehead atoms. The monoisotopic (exact) mass is 488 g/mol. The zero-order chi connectivity index (χ0) is 25.5. The van der Waals surface area contributed by atoms with Crippen LogP contribution in [0.15, 0.2) is 46.2 Å². The van der Waals surface area contributed by atoms with Gasteiger partial charge in [-0.3, -0.25) is 18.6 Å². The topological polar surface area (TPSA) is 90.5 Å². The first kappa shape index (κ1) is 24.5. The Morgan fingerprint density at radius 2 is 1.71 bits per heavy atom. The third kappa shape index (κ3) is 5.08.